The highest BCUT2D eigenvalue weighted by molar-refractivity contribution is 7.21. The normalized spacial score (nSPS) is 10.8. The van der Waals surface area contributed by atoms with Crippen LogP contribution in [0.2, 0.25) is 0 Å². The van der Waals surface area contributed by atoms with Crippen LogP contribution in [-0.2, 0) is 4.79 Å². The number of amides is 1. The number of rotatable bonds is 5. The zero-order valence-corrected chi connectivity index (χ0v) is 15.8. The molecule has 4 aromatic rings. The average Bonchev–Trinajstić information content (AvgIpc) is 3.13. The minimum atomic E-state index is -0.499. The molecule has 0 aliphatic heterocycles. The van der Waals surface area contributed by atoms with Crippen molar-refractivity contribution >= 4 is 33.3 Å². The first-order valence-corrected chi connectivity index (χ1v) is 9.41. The van der Waals surface area contributed by atoms with E-state index >= 15 is 0 Å². The molecular formula is C21H16FN3O2S. The number of fused-ring (bicyclic) bond motifs is 1. The third-order valence-electron chi connectivity index (χ3n) is 4.11. The number of halogens is 1. The van der Waals surface area contributed by atoms with Crippen molar-refractivity contribution in [1.29, 1.82) is 0 Å². The number of carbonyl (C=O) groups excluding carboxylic acids is 1. The maximum Gasteiger partial charge on any atom is 0.262 e. The van der Waals surface area contributed by atoms with Crippen LogP contribution in [0.15, 0.2) is 60.8 Å². The molecule has 2 aromatic heterocycles. The zero-order valence-electron chi connectivity index (χ0n) is 15.0. The van der Waals surface area contributed by atoms with Crippen LogP contribution in [-0.4, -0.2) is 22.5 Å². The van der Waals surface area contributed by atoms with Gasteiger partial charge in [0.2, 0.25) is 0 Å². The topological polar surface area (TPSA) is 64.1 Å². The number of aromatic nitrogens is 2. The third kappa shape index (κ3) is 3.84. The Hall–Kier alpha value is -3.32. The molecule has 7 heteroatoms. The highest BCUT2D eigenvalue weighted by Crippen LogP contribution is 2.31. The van der Waals surface area contributed by atoms with Crippen molar-refractivity contribution in [2.24, 2.45) is 0 Å². The van der Waals surface area contributed by atoms with E-state index in [-0.39, 0.29) is 18.3 Å². The summed E-state index contributed by atoms with van der Waals surface area (Å²) in [6, 6.07) is 15.5. The van der Waals surface area contributed by atoms with Gasteiger partial charge >= 0.3 is 0 Å². The molecule has 1 amide bonds. The van der Waals surface area contributed by atoms with E-state index in [1.165, 1.54) is 23.5 Å². The van der Waals surface area contributed by atoms with Crippen molar-refractivity contribution < 1.29 is 13.9 Å². The minimum Gasteiger partial charge on any atom is -0.481 e. The zero-order chi connectivity index (χ0) is 19.5. The predicted molar refractivity (Wildman–Crippen MR) is 108 cm³/mol. The van der Waals surface area contributed by atoms with E-state index in [1.54, 1.807) is 18.3 Å². The quantitative estimate of drug-likeness (QED) is 0.528. The van der Waals surface area contributed by atoms with Gasteiger partial charge in [0.25, 0.3) is 5.91 Å². The number of nitrogens with one attached hydrogen (secondary N) is 1. The van der Waals surface area contributed by atoms with Gasteiger partial charge in [-0.15, -0.1) is 0 Å². The van der Waals surface area contributed by atoms with Crippen molar-refractivity contribution in [2.45, 2.75) is 6.92 Å². The van der Waals surface area contributed by atoms with Gasteiger partial charge in [-0.05, 0) is 55.0 Å². The molecule has 0 radical (unpaired) electrons. The molecule has 0 saturated carbocycles. The van der Waals surface area contributed by atoms with E-state index in [0.29, 0.717) is 5.69 Å². The van der Waals surface area contributed by atoms with Crippen LogP contribution < -0.4 is 10.1 Å². The molecule has 4 rings (SSSR count). The number of anilines is 1. The van der Waals surface area contributed by atoms with Crippen LogP contribution in [0.1, 0.15) is 5.56 Å². The third-order valence-corrected chi connectivity index (χ3v) is 5.14. The molecule has 0 aliphatic carbocycles. The Morgan fingerprint density at radius 3 is 2.82 bits per heavy atom. The molecule has 0 bridgehead atoms. The van der Waals surface area contributed by atoms with Crippen LogP contribution in [0, 0.1) is 12.7 Å². The summed E-state index contributed by atoms with van der Waals surface area (Å²) >= 11 is 1.52. The molecule has 0 atom stereocenters. The van der Waals surface area contributed by atoms with Gasteiger partial charge in [-0.1, -0.05) is 23.5 Å². The second-order valence-corrected chi connectivity index (χ2v) is 7.12. The van der Waals surface area contributed by atoms with Gasteiger partial charge in [0, 0.05) is 17.4 Å². The predicted octanol–water partition coefficient (Wildman–Crippen LogP) is 4.82. The van der Waals surface area contributed by atoms with Gasteiger partial charge in [-0.25, -0.2) is 14.4 Å². The first kappa shape index (κ1) is 18.1. The van der Waals surface area contributed by atoms with Crippen LogP contribution in [0.5, 0.6) is 5.75 Å². The molecule has 1 N–H and O–H groups in total. The number of pyridine rings is 1. The second-order valence-electron chi connectivity index (χ2n) is 6.14. The molecule has 0 unspecified atom stereocenters. The number of ether oxygens (including phenoxy) is 1. The Balaban J connectivity index is 1.45. The number of benzene rings is 2. The average molecular weight is 393 g/mol. The Morgan fingerprint density at radius 1 is 1.18 bits per heavy atom. The van der Waals surface area contributed by atoms with Gasteiger partial charge < -0.3 is 10.1 Å². The first-order valence-electron chi connectivity index (χ1n) is 8.60. The highest BCUT2D eigenvalue weighted by Gasteiger charge is 2.11. The Bertz CT molecular complexity index is 1130. The molecule has 5 nitrogen and oxygen atoms in total. The van der Waals surface area contributed by atoms with E-state index in [9.17, 15) is 9.18 Å². The van der Waals surface area contributed by atoms with Gasteiger partial charge in [0.1, 0.15) is 15.4 Å². The fourth-order valence-corrected chi connectivity index (χ4v) is 3.63. The fraction of sp³-hybridized carbons (Fsp3) is 0.0952. The van der Waals surface area contributed by atoms with Crippen molar-refractivity contribution in [1.82, 2.24) is 9.97 Å². The van der Waals surface area contributed by atoms with Gasteiger partial charge in [0.05, 0.1) is 0 Å². The lowest BCUT2D eigenvalue weighted by atomic mass is 10.1. The summed E-state index contributed by atoms with van der Waals surface area (Å²) in [5.74, 6) is -0.807. The number of hydrogen-bond donors (Lipinski definition) is 1. The van der Waals surface area contributed by atoms with Crippen LogP contribution in [0.4, 0.5) is 10.1 Å². The van der Waals surface area contributed by atoms with Crippen LogP contribution in [0.3, 0.4) is 0 Å². The molecule has 0 saturated heterocycles. The summed E-state index contributed by atoms with van der Waals surface area (Å²) in [6.45, 7) is 1.63. The summed E-state index contributed by atoms with van der Waals surface area (Å²) in [6.07, 6.45) is 1.75. The van der Waals surface area contributed by atoms with Crippen molar-refractivity contribution in [3.63, 3.8) is 0 Å². The highest BCUT2D eigenvalue weighted by atomic mass is 32.1. The molecule has 2 aromatic carbocycles. The Labute approximate surface area is 164 Å². The van der Waals surface area contributed by atoms with Crippen LogP contribution >= 0.6 is 11.3 Å². The van der Waals surface area contributed by atoms with Gasteiger partial charge in [-0.3, -0.25) is 4.79 Å². The lowest BCUT2D eigenvalue weighted by Crippen LogP contribution is -2.21. The van der Waals surface area contributed by atoms with Crippen molar-refractivity contribution in [3.05, 3.63) is 72.2 Å². The maximum atomic E-state index is 13.5. The lowest BCUT2D eigenvalue weighted by Gasteiger charge is -2.11. The molecule has 28 heavy (non-hydrogen) atoms. The van der Waals surface area contributed by atoms with E-state index in [4.69, 9.17) is 4.74 Å². The number of aryl methyl sites for hydroxylation is 1. The number of thiazole rings is 1. The SMILES string of the molecule is Cc1cc(-c2nc3cccnc3s2)ccc1NC(=O)COc1ccccc1F. The minimum absolute atomic E-state index is 0.0502. The molecule has 0 fully saturated rings. The second kappa shape index (κ2) is 7.74. The smallest absolute Gasteiger partial charge is 0.262 e. The van der Waals surface area contributed by atoms with E-state index < -0.39 is 5.82 Å². The molecule has 0 spiro atoms. The summed E-state index contributed by atoms with van der Waals surface area (Å²) in [7, 11) is 0. The van der Waals surface area contributed by atoms with Gasteiger partial charge in [0.15, 0.2) is 18.2 Å². The summed E-state index contributed by atoms with van der Waals surface area (Å²) in [4.78, 5) is 21.9. The molecule has 140 valence electrons. The Morgan fingerprint density at radius 2 is 2.04 bits per heavy atom. The molecule has 2 heterocycles. The summed E-state index contributed by atoms with van der Waals surface area (Å²) < 4.78 is 18.8. The fourth-order valence-electron chi connectivity index (χ4n) is 2.72. The summed E-state index contributed by atoms with van der Waals surface area (Å²) in [5.41, 5.74) is 3.39. The lowest BCUT2D eigenvalue weighted by molar-refractivity contribution is -0.118. The van der Waals surface area contributed by atoms with Crippen molar-refractivity contribution in [2.75, 3.05) is 11.9 Å². The summed E-state index contributed by atoms with van der Waals surface area (Å²) in [5, 5.41) is 3.66. The van der Waals surface area contributed by atoms with E-state index in [0.717, 1.165) is 26.5 Å². The van der Waals surface area contributed by atoms with Crippen molar-refractivity contribution in [3.8, 4) is 16.3 Å². The number of hydrogen-bond acceptors (Lipinski definition) is 5. The monoisotopic (exact) mass is 393 g/mol. The van der Waals surface area contributed by atoms with Gasteiger partial charge in [-0.2, -0.15) is 0 Å². The number of nitrogens with zero attached hydrogens (tertiary/aromatic N) is 2. The van der Waals surface area contributed by atoms with E-state index in [2.05, 4.69) is 15.3 Å². The van der Waals surface area contributed by atoms with Crippen LogP contribution in [0.25, 0.3) is 20.9 Å². The molecule has 0 aliphatic rings. The number of para-hydroxylation sites is 1. The maximum absolute atomic E-state index is 13.5. The molecular weight excluding hydrogens is 377 g/mol. The van der Waals surface area contributed by atoms with E-state index in [1.807, 2.05) is 37.3 Å². The largest absolute Gasteiger partial charge is 0.481 e. The Kier molecular flexibility index (Phi) is 4.99. The number of carbonyl (C=O) groups is 1. The standard InChI is InChI=1S/C21H16FN3O2S/c1-13-11-14(20-25-17-6-4-10-23-21(17)28-20)8-9-16(13)24-19(26)12-27-18-7-3-2-5-15(18)22/h2-11H,12H2,1H3,(H,24,26). The first-order chi connectivity index (χ1) is 13.6.